The van der Waals surface area contributed by atoms with Gasteiger partial charge in [0.1, 0.15) is 5.82 Å². The average Bonchev–Trinajstić information content (AvgIpc) is 2.78. The van der Waals surface area contributed by atoms with Crippen LogP contribution >= 0.6 is 15.9 Å². The third kappa shape index (κ3) is 2.88. The third-order valence-corrected chi connectivity index (χ3v) is 3.27. The van der Waals surface area contributed by atoms with Gasteiger partial charge in [0.2, 0.25) is 0 Å². The molecule has 1 aromatic heterocycles. The highest BCUT2D eigenvalue weighted by atomic mass is 79.9. The first-order chi connectivity index (χ1) is 8.20. The van der Waals surface area contributed by atoms with E-state index in [1.54, 1.807) is 12.1 Å². The molecule has 0 aliphatic heterocycles. The molecule has 0 fully saturated rings. The van der Waals surface area contributed by atoms with Gasteiger partial charge in [0.05, 0.1) is 11.0 Å². The van der Waals surface area contributed by atoms with Crippen molar-refractivity contribution in [3.8, 4) is 0 Å². The molecule has 0 aliphatic carbocycles. The smallest absolute Gasteiger partial charge is 0.137 e. The molecule has 0 aliphatic rings. The van der Waals surface area contributed by atoms with Crippen LogP contribution in [0.4, 0.5) is 10.1 Å². The molecule has 0 unspecified atom stereocenters. The topological polar surface area (TPSA) is 17.0 Å². The Morgan fingerprint density at radius 2 is 2.18 bits per heavy atom. The summed E-state index contributed by atoms with van der Waals surface area (Å²) in [7, 11) is 0. The molecule has 0 amide bonds. The number of rotatable bonds is 4. The van der Waals surface area contributed by atoms with Crippen molar-refractivity contribution in [3.05, 3.63) is 52.5 Å². The van der Waals surface area contributed by atoms with Crippen molar-refractivity contribution >= 4 is 21.6 Å². The lowest BCUT2D eigenvalue weighted by atomic mass is 10.3. The zero-order valence-corrected chi connectivity index (χ0v) is 11.2. The van der Waals surface area contributed by atoms with Crippen LogP contribution in [-0.4, -0.2) is 4.57 Å². The number of nitrogens with zero attached hydrogens (tertiary/aromatic N) is 1. The molecule has 0 saturated heterocycles. The van der Waals surface area contributed by atoms with Crippen LogP contribution < -0.4 is 5.32 Å². The minimum absolute atomic E-state index is 0.243. The Morgan fingerprint density at radius 1 is 1.35 bits per heavy atom. The van der Waals surface area contributed by atoms with Crippen molar-refractivity contribution in [2.75, 3.05) is 5.32 Å². The van der Waals surface area contributed by atoms with Crippen LogP contribution in [0.15, 0.2) is 41.0 Å². The summed E-state index contributed by atoms with van der Waals surface area (Å²) in [6.07, 6.45) is 2.05. The highest BCUT2D eigenvalue weighted by Crippen LogP contribution is 2.20. The van der Waals surface area contributed by atoms with E-state index in [0.717, 1.165) is 18.8 Å². The van der Waals surface area contributed by atoms with Crippen molar-refractivity contribution in [1.82, 2.24) is 4.57 Å². The van der Waals surface area contributed by atoms with Crippen molar-refractivity contribution in [2.45, 2.75) is 20.0 Å². The van der Waals surface area contributed by atoms with Crippen LogP contribution in [0.25, 0.3) is 0 Å². The molecule has 2 aromatic rings. The van der Waals surface area contributed by atoms with E-state index in [-0.39, 0.29) is 5.82 Å². The maximum atomic E-state index is 13.1. The average molecular weight is 297 g/mol. The van der Waals surface area contributed by atoms with Gasteiger partial charge in [0.25, 0.3) is 0 Å². The minimum atomic E-state index is -0.243. The van der Waals surface area contributed by atoms with E-state index in [9.17, 15) is 4.39 Å². The molecule has 0 atom stereocenters. The van der Waals surface area contributed by atoms with Gasteiger partial charge in [-0.2, -0.15) is 0 Å². The molecule has 1 heterocycles. The number of hydrogen-bond acceptors (Lipinski definition) is 1. The zero-order chi connectivity index (χ0) is 12.3. The van der Waals surface area contributed by atoms with Gasteiger partial charge in [-0.3, -0.25) is 0 Å². The van der Waals surface area contributed by atoms with Gasteiger partial charge in [-0.25, -0.2) is 4.39 Å². The maximum absolute atomic E-state index is 13.1. The molecule has 2 nitrogen and oxygen atoms in total. The third-order valence-electron chi connectivity index (χ3n) is 2.66. The summed E-state index contributed by atoms with van der Waals surface area (Å²) in [4.78, 5) is 0. The van der Waals surface area contributed by atoms with Gasteiger partial charge in [-0.05, 0) is 53.2 Å². The van der Waals surface area contributed by atoms with E-state index in [2.05, 4.69) is 45.0 Å². The normalized spacial score (nSPS) is 10.5. The Labute approximate surface area is 109 Å². The molecule has 0 bridgehead atoms. The number of aryl methyl sites for hydroxylation is 1. The Bertz CT molecular complexity index is 508. The summed E-state index contributed by atoms with van der Waals surface area (Å²) in [5.74, 6) is -0.243. The van der Waals surface area contributed by atoms with Gasteiger partial charge >= 0.3 is 0 Å². The molecule has 1 aromatic carbocycles. The predicted octanol–water partition coefficient (Wildman–Crippen LogP) is 4.02. The first kappa shape index (κ1) is 12.2. The van der Waals surface area contributed by atoms with Crippen molar-refractivity contribution in [2.24, 2.45) is 0 Å². The number of aromatic nitrogens is 1. The first-order valence-electron chi connectivity index (χ1n) is 5.53. The Kier molecular flexibility index (Phi) is 3.84. The lowest BCUT2D eigenvalue weighted by Gasteiger charge is -2.09. The van der Waals surface area contributed by atoms with Crippen LogP contribution in [0.1, 0.15) is 12.6 Å². The molecular formula is C13H14BrFN2. The molecule has 0 saturated carbocycles. The minimum Gasteiger partial charge on any atom is -0.379 e. The number of anilines is 1. The quantitative estimate of drug-likeness (QED) is 0.902. The monoisotopic (exact) mass is 296 g/mol. The molecule has 17 heavy (non-hydrogen) atoms. The van der Waals surface area contributed by atoms with E-state index in [1.165, 1.54) is 11.8 Å². The largest absolute Gasteiger partial charge is 0.379 e. The van der Waals surface area contributed by atoms with Crippen LogP contribution in [0.2, 0.25) is 0 Å². The molecule has 0 radical (unpaired) electrons. The van der Waals surface area contributed by atoms with Crippen molar-refractivity contribution in [3.63, 3.8) is 0 Å². The molecular weight excluding hydrogens is 283 g/mol. The number of halogens is 2. The van der Waals surface area contributed by atoms with Gasteiger partial charge in [0.15, 0.2) is 0 Å². The van der Waals surface area contributed by atoms with E-state index >= 15 is 0 Å². The lowest BCUT2D eigenvalue weighted by molar-refractivity contribution is 0.621. The number of nitrogens with one attached hydrogen (secondary N) is 1. The van der Waals surface area contributed by atoms with Crippen molar-refractivity contribution in [1.29, 1.82) is 0 Å². The summed E-state index contributed by atoms with van der Waals surface area (Å²) in [6.45, 7) is 3.80. The van der Waals surface area contributed by atoms with Gasteiger partial charge in [0, 0.05) is 24.1 Å². The fraction of sp³-hybridized carbons (Fsp3) is 0.231. The number of benzene rings is 1. The summed E-state index contributed by atoms with van der Waals surface area (Å²) < 4.78 is 15.7. The molecule has 2 rings (SSSR count). The SMILES string of the molecule is CCn1cccc1CNc1ccc(F)c(Br)c1. The first-order valence-corrected chi connectivity index (χ1v) is 6.33. The summed E-state index contributed by atoms with van der Waals surface area (Å²) in [5, 5.41) is 3.27. The summed E-state index contributed by atoms with van der Waals surface area (Å²) in [6, 6.07) is 9.04. The Balaban J connectivity index is 2.05. The summed E-state index contributed by atoms with van der Waals surface area (Å²) >= 11 is 3.17. The zero-order valence-electron chi connectivity index (χ0n) is 9.58. The Morgan fingerprint density at radius 3 is 2.88 bits per heavy atom. The van der Waals surface area contributed by atoms with E-state index in [0.29, 0.717) is 4.47 Å². The molecule has 90 valence electrons. The lowest BCUT2D eigenvalue weighted by Crippen LogP contribution is -2.05. The van der Waals surface area contributed by atoms with Crippen LogP contribution in [-0.2, 0) is 13.1 Å². The van der Waals surface area contributed by atoms with Gasteiger partial charge in [-0.15, -0.1) is 0 Å². The maximum Gasteiger partial charge on any atom is 0.137 e. The van der Waals surface area contributed by atoms with Crippen LogP contribution in [0.5, 0.6) is 0 Å². The van der Waals surface area contributed by atoms with Gasteiger partial charge < -0.3 is 9.88 Å². The van der Waals surface area contributed by atoms with Gasteiger partial charge in [-0.1, -0.05) is 0 Å². The second kappa shape index (κ2) is 5.36. The fourth-order valence-electron chi connectivity index (χ4n) is 1.72. The van der Waals surface area contributed by atoms with E-state index in [1.807, 2.05) is 6.07 Å². The highest BCUT2D eigenvalue weighted by molar-refractivity contribution is 9.10. The molecule has 0 spiro atoms. The van der Waals surface area contributed by atoms with Crippen LogP contribution in [0.3, 0.4) is 0 Å². The fourth-order valence-corrected chi connectivity index (χ4v) is 2.10. The molecule has 1 N–H and O–H groups in total. The second-order valence-corrected chi connectivity index (χ2v) is 4.62. The van der Waals surface area contributed by atoms with Crippen molar-refractivity contribution < 1.29 is 4.39 Å². The Hall–Kier alpha value is -1.29. The second-order valence-electron chi connectivity index (χ2n) is 3.77. The van der Waals surface area contributed by atoms with Crippen LogP contribution in [0, 0.1) is 5.82 Å². The van der Waals surface area contributed by atoms with E-state index < -0.39 is 0 Å². The molecule has 4 heteroatoms. The summed E-state index contributed by atoms with van der Waals surface area (Å²) in [5.41, 5.74) is 2.12. The number of hydrogen-bond donors (Lipinski definition) is 1. The standard InChI is InChI=1S/C13H14BrFN2/c1-2-17-7-3-4-11(17)9-16-10-5-6-13(15)12(14)8-10/h3-8,16H,2,9H2,1H3. The van der Waals surface area contributed by atoms with E-state index in [4.69, 9.17) is 0 Å². The predicted molar refractivity (Wildman–Crippen MR) is 71.5 cm³/mol. The highest BCUT2D eigenvalue weighted by Gasteiger charge is 2.02.